The van der Waals surface area contributed by atoms with E-state index in [1.54, 1.807) is 17.0 Å². The van der Waals surface area contributed by atoms with Crippen LogP contribution in [0.25, 0.3) is 11.3 Å². The zero-order chi connectivity index (χ0) is 20.9. The van der Waals surface area contributed by atoms with Gasteiger partial charge in [0.05, 0.1) is 12.3 Å². The van der Waals surface area contributed by atoms with E-state index < -0.39 is 6.04 Å². The molecule has 0 bridgehead atoms. The number of hydrogen-bond acceptors (Lipinski definition) is 5. The first-order valence-corrected chi connectivity index (χ1v) is 10.9. The Hall–Kier alpha value is -3.19. The predicted molar refractivity (Wildman–Crippen MR) is 118 cm³/mol. The van der Waals surface area contributed by atoms with Crippen molar-refractivity contribution in [3.8, 4) is 17.0 Å². The van der Waals surface area contributed by atoms with E-state index in [0.29, 0.717) is 30.3 Å². The van der Waals surface area contributed by atoms with Gasteiger partial charge in [0.1, 0.15) is 11.8 Å². The molecule has 1 aliphatic heterocycles. The fourth-order valence-corrected chi connectivity index (χ4v) is 4.29. The molecule has 0 radical (unpaired) electrons. The van der Waals surface area contributed by atoms with Crippen LogP contribution in [0, 0.1) is 0 Å². The second kappa shape index (κ2) is 9.09. The first-order chi connectivity index (χ1) is 14.7. The minimum absolute atomic E-state index is 0.109. The average molecular weight is 422 g/mol. The fourth-order valence-electron chi connectivity index (χ4n) is 3.57. The van der Waals surface area contributed by atoms with Crippen LogP contribution in [0.5, 0.6) is 5.75 Å². The van der Waals surface area contributed by atoms with Gasteiger partial charge in [-0.25, -0.2) is 4.98 Å². The summed E-state index contributed by atoms with van der Waals surface area (Å²) in [5, 5.41) is 5.33. The second-order valence-electron chi connectivity index (χ2n) is 7.01. The summed E-state index contributed by atoms with van der Waals surface area (Å²) in [6.07, 6.45) is 1.47. The number of carbonyl (C=O) groups is 2. The number of nitrogens with zero attached hydrogens (tertiary/aromatic N) is 2. The van der Waals surface area contributed by atoms with Gasteiger partial charge in [-0.05, 0) is 56.2 Å². The summed E-state index contributed by atoms with van der Waals surface area (Å²) >= 11 is 1.37. The monoisotopic (exact) mass is 421 g/mol. The van der Waals surface area contributed by atoms with Crippen LogP contribution in [-0.4, -0.2) is 40.9 Å². The Bertz CT molecular complexity index is 1020. The number of carbonyl (C=O) groups excluding carboxylic acids is 2. The number of hydrogen-bond donors (Lipinski definition) is 1. The lowest BCUT2D eigenvalue weighted by atomic mass is 10.1. The average Bonchev–Trinajstić information content (AvgIpc) is 3.44. The highest BCUT2D eigenvalue weighted by molar-refractivity contribution is 7.14. The molecule has 1 saturated heterocycles. The van der Waals surface area contributed by atoms with E-state index in [1.807, 2.05) is 54.8 Å². The van der Waals surface area contributed by atoms with Gasteiger partial charge >= 0.3 is 0 Å². The number of aromatic nitrogens is 1. The summed E-state index contributed by atoms with van der Waals surface area (Å²) < 4.78 is 5.47. The van der Waals surface area contributed by atoms with Gasteiger partial charge in [-0.2, -0.15) is 0 Å². The molecule has 4 rings (SSSR count). The van der Waals surface area contributed by atoms with Gasteiger partial charge in [-0.3, -0.25) is 9.59 Å². The lowest BCUT2D eigenvalue weighted by molar-refractivity contribution is -0.119. The third-order valence-electron chi connectivity index (χ3n) is 5.03. The lowest BCUT2D eigenvalue weighted by Gasteiger charge is -2.23. The quantitative estimate of drug-likeness (QED) is 0.638. The molecule has 2 aromatic carbocycles. The van der Waals surface area contributed by atoms with E-state index in [4.69, 9.17) is 4.74 Å². The number of amides is 2. The highest BCUT2D eigenvalue weighted by Crippen LogP contribution is 2.28. The standard InChI is InChI=1S/C23H23N3O3S/c1-2-29-18-12-10-16(11-13-18)19-15-30-23(24-19)25-21(27)20-9-6-14-26(20)22(28)17-7-4-3-5-8-17/h3-5,7-8,10-13,15,20H,2,6,9,14H2,1H3,(H,24,25,27). The highest BCUT2D eigenvalue weighted by Gasteiger charge is 2.34. The molecule has 1 N–H and O–H groups in total. The summed E-state index contributed by atoms with van der Waals surface area (Å²) in [5.74, 6) is 0.515. The van der Waals surface area contributed by atoms with Crippen molar-refractivity contribution in [3.05, 3.63) is 65.5 Å². The molecule has 1 unspecified atom stereocenters. The van der Waals surface area contributed by atoms with Crippen molar-refractivity contribution in [3.63, 3.8) is 0 Å². The van der Waals surface area contributed by atoms with Gasteiger partial charge in [0, 0.05) is 23.1 Å². The summed E-state index contributed by atoms with van der Waals surface area (Å²) in [7, 11) is 0. The predicted octanol–water partition coefficient (Wildman–Crippen LogP) is 4.45. The third kappa shape index (κ3) is 4.36. The largest absolute Gasteiger partial charge is 0.494 e. The van der Waals surface area contributed by atoms with Crippen LogP contribution in [0.15, 0.2) is 60.0 Å². The molecular weight excluding hydrogens is 398 g/mol. The van der Waals surface area contributed by atoms with Crippen molar-refractivity contribution in [2.45, 2.75) is 25.8 Å². The summed E-state index contributed by atoms with van der Waals surface area (Å²) in [5.41, 5.74) is 2.35. The molecule has 7 heteroatoms. The van der Waals surface area contributed by atoms with Crippen LogP contribution in [0.1, 0.15) is 30.1 Å². The molecular formula is C23H23N3O3S. The van der Waals surface area contributed by atoms with Crippen LogP contribution < -0.4 is 10.1 Å². The van der Waals surface area contributed by atoms with Gasteiger partial charge in [0.2, 0.25) is 5.91 Å². The zero-order valence-electron chi connectivity index (χ0n) is 16.7. The van der Waals surface area contributed by atoms with E-state index >= 15 is 0 Å². The van der Waals surface area contributed by atoms with Crippen molar-refractivity contribution in [2.75, 3.05) is 18.5 Å². The number of rotatable bonds is 6. The van der Waals surface area contributed by atoms with Crippen LogP contribution in [0.2, 0.25) is 0 Å². The van der Waals surface area contributed by atoms with Crippen molar-refractivity contribution in [1.82, 2.24) is 9.88 Å². The maximum absolute atomic E-state index is 12.9. The smallest absolute Gasteiger partial charge is 0.254 e. The van der Waals surface area contributed by atoms with Gasteiger partial charge in [0.15, 0.2) is 5.13 Å². The van der Waals surface area contributed by atoms with E-state index in [9.17, 15) is 9.59 Å². The second-order valence-corrected chi connectivity index (χ2v) is 7.87. The van der Waals surface area contributed by atoms with Crippen molar-refractivity contribution in [2.24, 2.45) is 0 Å². The normalized spacial score (nSPS) is 15.8. The molecule has 0 saturated carbocycles. The molecule has 1 aromatic heterocycles. The minimum atomic E-state index is -0.476. The van der Waals surface area contributed by atoms with E-state index in [0.717, 1.165) is 23.4 Å². The minimum Gasteiger partial charge on any atom is -0.494 e. The first-order valence-electron chi connectivity index (χ1n) is 10.0. The fraction of sp³-hybridized carbons (Fsp3) is 0.261. The molecule has 2 heterocycles. The molecule has 6 nitrogen and oxygen atoms in total. The summed E-state index contributed by atoms with van der Waals surface area (Å²) in [6.45, 7) is 3.15. The Balaban J connectivity index is 1.43. The van der Waals surface area contributed by atoms with Crippen LogP contribution in [-0.2, 0) is 4.79 Å². The molecule has 154 valence electrons. The molecule has 0 aliphatic carbocycles. The van der Waals surface area contributed by atoms with E-state index in [1.165, 1.54) is 11.3 Å². The van der Waals surface area contributed by atoms with Gasteiger partial charge in [-0.1, -0.05) is 18.2 Å². The molecule has 30 heavy (non-hydrogen) atoms. The number of anilines is 1. The van der Waals surface area contributed by atoms with Gasteiger partial charge < -0.3 is 15.0 Å². The van der Waals surface area contributed by atoms with Crippen molar-refractivity contribution < 1.29 is 14.3 Å². The molecule has 1 atom stereocenters. The van der Waals surface area contributed by atoms with Crippen LogP contribution >= 0.6 is 11.3 Å². The van der Waals surface area contributed by atoms with Gasteiger partial charge in [-0.15, -0.1) is 11.3 Å². The maximum Gasteiger partial charge on any atom is 0.254 e. The van der Waals surface area contributed by atoms with Crippen molar-refractivity contribution in [1.29, 1.82) is 0 Å². The van der Waals surface area contributed by atoms with E-state index in [2.05, 4.69) is 10.3 Å². The SMILES string of the molecule is CCOc1ccc(-c2csc(NC(=O)C3CCCN3C(=O)c3ccccc3)n2)cc1. The topological polar surface area (TPSA) is 71.5 Å². The van der Waals surface area contributed by atoms with E-state index in [-0.39, 0.29) is 11.8 Å². The zero-order valence-corrected chi connectivity index (χ0v) is 17.5. The Morgan fingerprint density at radius 2 is 1.93 bits per heavy atom. The van der Waals surface area contributed by atoms with Crippen LogP contribution in [0.4, 0.5) is 5.13 Å². The van der Waals surface area contributed by atoms with Crippen LogP contribution in [0.3, 0.4) is 0 Å². The van der Waals surface area contributed by atoms with Crippen molar-refractivity contribution >= 4 is 28.3 Å². The molecule has 0 spiro atoms. The number of likely N-dealkylation sites (tertiary alicyclic amines) is 1. The molecule has 2 amide bonds. The van der Waals surface area contributed by atoms with Gasteiger partial charge in [0.25, 0.3) is 5.91 Å². The number of benzene rings is 2. The Labute approximate surface area is 179 Å². The molecule has 3 aromatic rings. The number of nitrogens with one attached hydrogen (secondary N) is 1. The lowest BCUT2D eigenvalue weighted by Crippen LogP contribution is -2.43. The highest BCUT2D eigenvalue weighted by atomic mass is 32.1. The summed E-state index contributed by atoms with van der Waals surface area (Å²) in [6, 6.07) is 16.3. The Kier molecular flexibility index (Phi) is 6.09. The third-order valence-corrected chi connectivity index (χ3v) is 5.79. The number of thiazole rings is 1. The Morgan fingerprint density at radius 1 is 1.17 bits per heavy atom. The molecule has 1 aliphatic rings. The maximum atomic E-state index is 12.9. The summed E-state index contributed by atoms with van der Waals surface area (Å²) in [4.78, 5) is 31.9. The molecule has 1 fully saturated rings. The number of ether oxygens (including phenoxy) is 1. The first kappa shape index (κ1) is 20.1. The Morgan fingerprint density at radius 3 is 2.67 bits per heavy atom.